The van der Waals surface area contributed by atoms with Gasteiger partial charge < -0.3 is 20.3 Å². The molecular weight excluding hydrogens is 158 g/mol. The summed E-state index contributed by atoms with van der Waals surface area (Å²) in [4.78, 5) is 0. The third-order valence-corrected chi connectivity index (χ3v) is 1.45. The molecule has 0 saturated carbocycles. The summed E-state index contributed by atoms with van der Waals surface area (Å²) in [5, 5.41) is 21.1. The number of aliphatic hydroxyl groups is 2. The Bertz CT molecular complexity index is 98.3. The number of methoxy groups -OCH3 is 1. The van der Waals surface area contributed by atoms with Crippen molar-refractivity contribution >= 4 is 0 Å². The average Bonchev–Trinajstić information content (AvgIpc) is 1.98. The summed E-state index contributed by atoms with van der Waals surface area (Å²) in [5.74, 6) is 0. The molecular formula is C8H19NO3. The lowest BCUT2D eigenvalue weighted by molar-refractivity contribution is 0.0588. The second kappa shape index (κ2) is 7.49. The van der Waals surface area contributed by atoms with Crippen LogP contribution in [0.3, 0.4) is 0 Å². The predicted octanol–water partition coefficient (Wildman–Crippen LogP) is -0.646. The van der Waals surface area contributed by atoms with E-state index in [9.17, 15) is 5.11 Å². The fourth-order valence-corrected chi connectivity index (χ4v) is 0.855. The zero-order valence-electron chi connectivity index (χ0n) is 7.79. The molecule has 0 saturated heterocycles. The Morgan fingerprint density at radius 1 is 1.42 bits per heavy atom. The molecule has 0 aliphatic heterocycles. The molecule has 0 heterocycles. The number of nitrogens with one attached hydrogen (secondary N) is 1. The van der Waals surface area contributed by atoms with E-state index < -0.39 is 6.10 Å². The summed E-state index contributed by atoms with van der Waals surface area (Å²) in [6.45, 7) is 3.37. The highest BCUT2D eigenvalue weighted by Gasteiger charge is 2.02. The Labute approximate surface area is 73.5 Å². The highest BCUT2D eigenvalue weighted by Crippen LogP contribution is 1.89. The van der Waals surface area contributed by atoms with Crippen molar-refractivity contribution in [3.63, 3.8) is 0 Å². The van der Waals surface area contributed by atoms with Gasteiger partial charge >= 0.3 is 0 Å². The smallest absolute Gasteiger partial charge is 0.0785 e. The lowest BCUT2D eigenvalue weighted by Crippen LogP contribution is -2.28. The highest BCUT2D eigenvalue weighted by atomic mass is 16.5. The van der Waals surface area contributed by atoms with Crippen molar-refractivity contribution in [1.29, 1.82) is 0 Å². The largest absolute Gasteiger partial charge is 0.392 e. The van der Waals surface area contributed by atoms with Crippen molar-refractivity contribution in [2.45, 2.75) is 25.6 Å². The molecule has 74 valence electrons. The molecule has 0 aliphatic rings. The lowest BCUT2D eigenvalue weighted by atomic mass is 10.2. The molecule has 0 fully saturated rings. The number of ether oxygens (including phenoxy) is 1. The standard InChI is InChI=1S/C8H19NO3/c1-7(10)5-9-4-3-8(11)6-12-2/h7-11H,3-6H2,1-2H3/t7-,8?/m0/s1. The van der Waals surface area contributed by atoms with Crippen LogP contribution in [0.4, 0.5) is 0 Å². The zero-order valence-corrected chi connectivity index (χ0v) is 7.79. The van der Waals surface area contributed by atoms with Gasteiger partial charge in [0.2, 0.25) is 0 Å². The van der Waals surface area contributed by atoms with Crippen molar-refractivity contribution < 1.29 is 14.9 Å². The zero-order chi connectivity index (χ0) is 9.40. The van der Waals surface area contributed by atoms with E-state index in [1.807, 2.05) is 0 Å². The van der Waals surface area contributed by atoms with Gasteiger partial charge in [0.25, 0.3) is 0 Å². The van der Waals surface area contributed by atoms with E-state index in [4.69, 9.17) is 9.84 Å². The minimum atomic E-state index is -0.406. The molecule has 2 atom stereocenters. The fourth-order valence-electron chi connectivity index (χ4n) is 0.855. The average molecular weight is 177 g/mol. The number of aliphatic hydroxyl groups excluding tert-OH is 2. The van der Waals surface area contributed by atoms with E-state index in [-0.39, 0.29) is 6.10 Å². The first-order valence-electron chi connectivity index (χ1n) is 4.22. The van der Waals surface area contributed by atoms with Crippen LogP contribution in [0, 0.1) is 0 Å². The van der Waals surface area contributed by atoms with E-state index >= 15 is 0 Å². The van der Waals surface area contributed by atoms with Crippen LogP contribution in [-0.2, 0) is 4.74 Å². The van der Waals surface area contributed by atoms with Crippen molar-refractivity contribution in [2.75, 3.05) is 26.8 Å². The van der Waals surface area contributed by atoms with Gasteiger partial charge in [0.15, 0.2) is 0 Å². The van der Waals surface area contributed by atoms with E-state index in [1.54, 1.807) is 14.0 Å². The molecule has 4 nitrogen and oxygen atoms in total. The molecule has 3 N–H and O–H groups in total. The molecule has 0 aromatic heterocycles. The second-order valence-electron chi connectivity index (χ2n) is 2.95. The van der Waals surface area contributed by atoms with Crippen LogP contribution in [0.15, 0.2) is 0 Å². The van der Waals surface area contributed by atoms with Gasteiger partial charge in [0, 0.05) is 13.7 Å². The topological polar surface area (TPSA) is 61.7 Å². The summed E-state index contributed by atoms with van der Waals surface area (Å²) in [7, 11) is 1.56. The number of rotatable bonds is 7. The van der Waals surface area contributed by atoms with E-state index in [1.165, 1.54) is 0 Å². The molecule has 0 aromatic carbocycles. The Morgan fingerprint density at radius 3 is 2.58 bits per heavy atom. The SMILES string of the molecule is COCC(O)CCNC[C@H](C)O. The molecule has 0 amide bonds. The van der Waals surface area contributed by atoms with Gasteiger partial charge in [-0.2, -0.15) is 0 Å². The second-order valence-corrected chi connectivity index (χ2v) is 2.95. The van der Waals surface area contributed by atoms with Crippen molar-refractivity contribution in [3.05, 3.63) is 0 Å². The monoisotopic (exact) mass is 177 g/mol. The van der Waals surface area contributed by atoms with Gasteiger partial charge in [-0.25, -0.2) is 0 Å². The molecule has 0 spiro atoms. The van der Waals surface area contributed by atoms with Gasteiger partial charge in [0.05, 0.1) is 18.8 Å². The third kappa shape index (κ3) is 7.94. The first-order chi connectivity index (χ1) is 5.66. The first-order valence-corrected chi connectivity index (χ1v) is 4.22. The van der Waals surface area contributed by atoms with Crippen LogP contribution in [0.5, 0.6) is 0 Å². The molecule has 0 aliphatic carbocycles. The molecule has 0 aromatic rings. The maximum Gasteiger partial charge on any atom is 0.0785 e. The minimum Gasteiger partial charge on any atom is -0.392 e. The summed E-state index contributed by atoms with van der Waals surface area (Å²) in [6.07, 6.45) is -0.0818. The van der Waals surface area contributed by atoms with E-state index in [2.05, 4.69) is 5.32 Å². The predicted molar refractivity (Wildman–Crippen MR) is 47.1 cm³/mol. The Morgan fingerprint density at radius 2 is 2.08 bits per heavy atom. The van der Waals surface area contributed by atoms with Gasteiger partial charge in [-0.05, 0) is 19.9 Å². The molecule has 0 bridgehead atoms. The van der Waals surface area contributed by atoms with Gasteiger partial charge in [-0.1, -0.05) is 0 Å². The summed E-state index contributed by atoms with van der Waals surface area (Å²) >= 11 is 0. The van der Waals surface area contributed by atoms with Crippen LogP contribution >= 0.6 is 0 Å². The van der Waals surface area contributed by atoms with Crippen molar-refractivity contribution in [1.82, 2.24) is 5.32 Å². The first kappa shape index (κ1) is 11.8. The minimum absolute atomic E-state index is 0.329. The maximum atomic E-state index is 9.19. The van der Waals surface area contributed by atoms with Crippen LogP contribution in [0.25, 0.3) is 0 Å². The summed E-state index contributed by atoms with van der Waals surface area (Å²) in [5.41, 5.74) is 0. The van der Waals surface area contributed by atoms with Crippen LogP contribution in [-0.4, -0.2) is 49.2 Å². The van der Waals surface area contributed by atoms with Gasteiger partial charge in [-0.15, -0.1) is 0 Å². The quantitative estimate of drug-likeness (QED) is 0.452. The van der Waals surface area contributed by atoms with E-state index in [0.717, 1.165) is 0 Å². The Kier molecular flexibility index (Phi) is 7.39. The van der Waals surface area contributed by atoms with Crippen LogP contribution in [0.2, 0.25) is 0 Å². The van der Waals surface area contributed by atoms with E-state index in [0.29, 0.717) is 26.1 Å². The lowest BCUT2D eigenvalue weighted by Gasteiger charge is -2.10. The molecule has 0 radical (unpaired) electrons. The Balaban J connectivity index is 3.08. The van der Waals surface area contributed by atoms with Gasteiger partial charge in [-0.3, -0.25) is 0 Å². The highest BCUT2D eigenvalue weighted by molar-refractivity contribution is 4.58. The molecule has 0 rings (SSSR count). The third-order valence-electron chi connectivity index (χ3n) is 1.45. The Hall–Kier alpha value is -0.160. The fraction of sp³-hybridized carbons (Fsp3) is 1.00. The van der Waals surface area contributed by atoms with Crippen molar-refractivity contribution in [3.8, 4) is 0 Å². The number of hydrogen-bond donors (Lipinski definition) is 3. The molecule has 4 heteroatoms. The maximum absolute atomic E-state index is 9.19. The van der Waals surface area contributed by atoms with Gasteiger partial charge in [0.1, 0.15) is 0 Å². The molecule has 1 unspecified atom stereocenters. The molecule has 12 heavy (non-hydrogen) atoms. The summed E-state index contributed by atoms with van der Waals surface area (Å²) < 4.78 is 4.75. The normalized spacial score (nSPS) is 16.0. The van der Waals surface area contributed by atoms with Crippen LogP contribution in [0.1, 0.15) is 13.3 Å². The summed E-state index contributed by atoms with van der Waals surface area (Å²) in [6, 6.07) is 0. The van der Waals surface area contributed by atoms with Crippen LogP contribution < -0.4 is 5.32 Å². The number of hydrogen-bond acceptors (Lipinski definition) is 4. The van der Waals surface area contributed by atoms with Crippen molar-refractivity contribution in [2.24, 2.45) is 0 Å².